The number of para-hydroxylation sites is 2. The lowest BCUT2D eigenvalue weighted by atomic mass is 9.95. The summed E-state index contributed by atoms with van der Waals surface area (Å²) in [6, 6.07) is 87.5. The number of fused-ring (bicyclic) bond motifs is 7. The van der Waals surface area contributed by atoms with E-state index in [0.29, 0.717) is 0 Å². The molecule has 0 aliphatic heterocycles. The van der Waals surface area contributed by atoms with Crippen molar-refractivity contribution in [2.24, 2.45) is 0 Å². The van der Waals surface area contributed by atoms with Gasteiger partial charge in [0.1, 0.15) is 11.2 Å². The predicted octanol–water partition coefficient (Wildman–Crippen LogP) is 12.5. The molecule has 0 aliphatic carbocycles. The van der Waals surface area contributed by atoms with Crippen LogP contribution in [0.15, 0.2) is 241 Å². The van der Waals surface area contributed by atoms with Crippen molar-refractivity contribution < 1.29 is 4.42 Å². The Hall–Kier alpha value is -7.72. The smallest absolute Gasteiger partial charge is 0.179 e. The third-order valence-corrected chi connectivity index (χ3v) is 17.4. The largest absolute Gasteiger partial charge is 0.456 e. The fourth-order valence-electron chi connectivity index (χ4n) is 9.99. The molecule has 2 heterocycles. The molecule has 3 heteroatoms. The van der Waals surface area contributed by atoms with Crippen LogP contribution in [-0.2, 0) is 0 Å². The Bertz CT molecular complexity index is 3470. The highest BCUT2D eigenvalue weighted by atomic mass is 28.3. The summed E-state index contributed by atoms with van der Waals surface area (Å²) in [5.41, 5.74) is 9.95. The molecule has 10 aromatic carbocycles. The maximum Gasteiger partial charge on any atom is 0.179 e. The molecule has 0 aliphatic rings. The number of hydrogen-bond donors (Lipinski definition) is 0. The second kappa shape index (κ2) is 14.2. The average Bonchev–Trinajstić information content (AvgIpc) is 3.86. The van der Waals surface area contributed by atoms with Crippen molar-refractivity contribution >= 4 is 83.3 Å². The number of furan rings is 1. The molecule has 12 rings (SSSR count). The van der Waals surface area contributed by atoms with E-state index >= 15 is 0 Å². The molecule has 0 amide bonds. The van der Waals surface area contributed by atoms with Crippen molar-refractivity contribution in [1.82, 2.24) is 4.57 Å². The number of aromatic nitrogens is 1. The number of rotatable bonds is 7. The second-order valence-corrected chi connectivity index (χ2v) is 19.8. The molecule has 0 unspecified atom stereocenters. The fraction of sp³-hybridized carbons (Fsp3) is 0. The Morgan fingerprint density at radius 1 is 0.311 bits per heavy atom. The molecule has 0 saturated carbocycles. The first-order chi connectivity index (χ1) is 30.3. The normalized spacial score (nSPS) is 11.9. The lowest BCUT2D eigenvalue weighted by Gasteiger charge is -2.36. The second-order valence-electron chi connectivity index (χ2n) is 16.0. The van der Waals surface area contributed by atoms with Crippen molar-refractivity contribution in [2.45, 2.75) is 0 Å². The van der Waals surface area contributed by atoms with Crippen LogP contribution in [0.4, 0.5) is 0 Å². The van der Waals surface area contributed by atoms with Crippen molar-refractivity contribution in [1.29, 1.82) is 0 Å². The summed E-state index contributed by atoms with van der Waals surface area (Å²) in [5.74, 6) is 0. The molecule has 0 radical (unpaired) electrons. The quantitative estimate of drug-likeness (QED) is 0.116. The molecule has 2 nitrogen and oxygen atoms in total. The van der Waals surface area contributed by atoms with Gasteiger partial charge in [0.05, 0.1) is 16.7 Å². The maximum atomic E-state index is 6.51. The van der Waals surface area contributed by atoms with E-state index < -0.39 is 8.07 Å². The van der Waals surface area contributed by atoms with Gasteiger partial charge in [-0.25, -0.2) is 0 Å². The van der Waals surface area contributed by atoms with E-state index in [1.54, 1.807) is 0 Å². The number of nitrogens with zero attached hydrogens (tertiary/aromatic N) is 1. The summed E-state index contributed by atoms with van der Waals surface area (Å²) in [6.07, 6.45) is 0. The summed E-state index contributed by atoms with van der Waals surface area (Å²) < 4.78 is 9.04. The van der Waals surface area contributed by atoms with Crippen LogP contribution in [0.3, 0.4) is 0 Å². The van der Waals surface area contributed by atoms with Crippen LogP contribution in [0.25, 0.3) is 82.5 Å². The van der Waals surface area contributed by atoms with Gasteiger partial charge in [0.15, 0.2) is 8.07 Å². The van der Waals surface area contributed by atoms with Crippen LogP contribution >= 0.6 is 0 Å². The molecule has 0 saturated heterocycles. The van der Waals surface area contributed by atoms with Gasteiger partial charge in [0.2, 0.25) is 0 Å². The summed E-state index contributed by atoms with van der Waals surface area (Å²) in [7, 11) is -3.04. The first-order valence-corrected chi connectivity index (χ1v) is 23.0. The van der Waals surface area contributed by atoms with E-state index in [0.717, 1.165) is 44.0 Å². The van der Waals surface area contributed by atoms with E-state index in [-0.39, 0.29) is 0 Å². The highest BCUT2D eigenvalue weighted by Crippen LogP contribution is 2.43. The van der Waals surface area contributed by atoms with Gasteiger partial charge in [-0.3, -0.25) is 0 Å². The van der Waals surface area contributed by atoms with Gasteiger partial charge in [-0.1, -0.05) is 212 Å². The third-order valence-electron chi connectivity index (χ3n) is 12.7. The topological polar surface area (TPSA) is 18.1 Å². The van der Waals surface area contributed by atoms with Gasteiger partial charge < -0.3 is 8.98 Å². The Morgan fingerprint density at radius 3 is 1.51 bits per heavy atom. The highest BCUT2D eigenvalue weighted by Gasteiger charge is 2.42. The molecule has 61 heavy (non-hydrogen) atoms. The van der Waals surface area contributed by atoms with Crippen LogP contribution in [0.5, 0.6) is 0 Å². The molecule has 2 aromatic heterocycles. The molecule has 0 atom stereocenters. The SMILES string of the molecule is c1ccc(-c2cc([Si](c3ccccc3)(c3ccccc3)c3ccc4ccccc4c3)cc(-c3ccccc3)c2-n2c3ccccc3c3cc4oc5ccccc5c4cc32)cc1. The monoisotopic (exact) mass is 793 g/mol. The molecule has 12 aromatic rings. The highest BCUT2D eigenvalue weighted by molar-refractivity contribution is 7.20. The summed E-state index contributed by atoms with van der Waals surface area (Å²) >= 11 is 0. The zero-order chi connectivity index (χ0) is 40.3. The van der Waals surface area contributed by atoms with Crippen molar-refractivity contribution in [3.8, 4) is 27.9 Å². The zero-order valence-electron chi connectivity index (χ0n) is 33.4. The van der Waals surface area contributed by atoms with Gasteiger partial charge >= 0.3 is 0 Å². The average molecular weight is 794 g/mol. The van der Waals surface area contributed by atoms with E-state index in [2.05, 4.69) is 235 Å². The minimum Gasteiger partial charge on any atom is -0.456 e. The minimum absolute atomic E-state index is 0.899. The van der Waals surface area contributed by atoms with E-state index in [9.17, 15) is 0 Å². The summed E-state index contributed by atoms with van der Waals surface area (Å²) in [4.78, 5) is 0. The van der Waals surface area contributed by atoms with Crippen LogP contribution in [0.1, 0.15) is 0 Å². The Kier molecular flexibility index (Phi) is 8.22. The number of hydrogen-bond acceptors (Lipinski definition) is 1. The van der Waals surface area contributed by atoms with Crippen LogP contribution in [0, 0.1) is 0 Å². The van der Waals surface area contributed by atoms with Crippen LogP contribution < -0.4 is 20.7 Å². The van der Waals surface area contributed by atoms with Crippen molar-refractivity contribution in [3.05, 3.63) is 237 Å². The molecule has 0 fully saturated rings. The van der Waals surface area contributed by atoms with E-state index in [1.807, 2.05) is 6.07 Å². The van der Waals surface area contributed by atoms with Gasteiger partial charge in [0.25, 0.3) is 0 Å². The zero-order valence-corrected chi connectivity index (χ0v) is 34.4. The lowest BCUT2D eigenvalue weighted by Crippen LogP contribution is -2.74. The van der Waals surface area contributed by atoms with Gasteiger partial charge in [-0.05, 0) is 66.9 Å². The first-order valence-electron chi connectivity index (χ1n) is 21.0. The minimum atomic E-state index is -3.04. The van der Waals surface area contributed by atoms with Crippen LogP contribution in [0.2, 0.25) is 0 Å². The van der Waals surface area contributed by atoms with E-state index in [4.69, 9.17) is 4.42 Å². The number of benzene rings is 10. The molecule has 0 N–H and O–H groups in total. The maximum absolute atomic E-state index is 6.51. The van der Waals surface area contributed by atoms with E-state index in [1.165, 1.54) is 59.2 Å². The summed E-state index contributed by atoms with van der Waals surface area (Å²) in [6.45, 7) is 0. The van der Waals surface area contributed by atoms with Crippen molar-refractivity contribution in [2.75, 3.05) is 0 Å². The predicted molar refractivity (Wildman–Crippen MR) is 260 cm³/mol. The first kappa shape index (κ1) is 35.2. The Balaban J connectivity index is 1.28. The Labute approximate surface area is 355 Å². The summed E-state index contributed by atoms with van der Waals surface area (Å²) in [5, 5.41) is 12.4. The third kappa shape index (κ3) is 5.55. The molecular weight excluding hydrogens is 755 g/mol. The molecule has 286 valence electrons. The van der Waals surface area contributed by atoms with Crippen molar-refractivity contribution in [3.63, 3.8) is 0 Å². The Morgan fingerprint density at radius 2 is 0.852 bits per heavy atom. The van der Waals surface area contributed by atoms with Gasteiger partial charge in [-0.2, -0.15) is 0 Å². The van der Waals surface area contributed by atoms with Gasteiger partial charge in [0, 0.05) is 32.7 Å². The molecular formula is C58H39NOSi. The molecule has 0 bridgehead atoms. The fourth-order valence-corrected chi connectivity index (χ4v) is 14.8. The van der Waals surface area contributed by atoms with Gasteiger partial charge in [-0.15, -0.1) is 0 Å². The standard InChI is InChI=1S/C58H39NOSi/c1-5-20-41(21-6-1)50-36-47(61(44-25-9-3-10-26-44,45-27-11-4-12-28-45)46-34-33-40-19-13-14-24-43(40)35-46)37-51(42-22-7-2-8-23-42)58(50)59-54-31-17-15-29-48(54)52-39-57-53(38-55(52)59)49-30-16-18-32-56(49)60-57/h1-39H. The van der Waals surface area contributed by atoms with Crippen LogP contribution in [-0.4, -0.2) is 12.6 Å². The molecule has 0 spiro atoms. The lowest BCUT2D eigenvalue weighted by molar-refractivity contribution is 0.669.